The van der Waals surface area contributed by atoms with Crippen molar-refractivity contribution in [2.75, 3.05) is 6.61 Å². The highest BCUT2D eigenvalue weighted by Crippen LogP contribution is 2.78. The minimum Gasteiger partial charge on any atom is -0.374 e. The first-order valence-electron chi connectivity index (χ1n) is 3.07. The summed E-state index contributed by atoms with van der Waals surface area (Å²) in [4.78, 5) is 0. The number of rotatable bonds is 0. The van der Waals surface area contributed by atoms with Crippen LogP contribution < -0.4 is 0 Å². The van der Waals surface area contributed by atoms with Crippen LogP contribution in [0.2, 0.25) is 0 Å². The van der Waals surface area contributed by atoms with E-state index >= 15 is 0 Å². The number of ether oxygens (including phenoxy) is 1. The number of hydrogen-bond acceptors (Lipinski definition) is 1. The van der Waals surface area contributed by atoms with Gasteiger partial charge in [0.05, 0.1) is 5.60 Å². The predicted molar refractivity (Wildman–Crippen MR) is 24.9 cm³/mol. The van der Waals surface area contributed by atoms with Gasteiger partial charge < -0.3 is 4.74 Å². The van der Waals surface area contributed by atoms with Crippen molar-refractivity contribution in [2.45, 2.75) is 18.4 Å². The van der Waals surface area contributed by atoms with E-state index in [-0.39, 0.29) is 0 Å². The van der Waals surface area contributed by atoms with E-state index in [9.17, 15) is 0 Å². The molecule has 1 spiro atoms. The molecule has 1 aliphatic heterocycles. The maximum atomic E-state index is 5.49. The average Bonchev–Trinajstić information content (AvgIpc) is 2.41. The highest BCUT2D eigenvalue weighted by atomic mass is 16.5. The van der Waals surface area contributed by atoms with Crippen LogP contribution in [-0.4, -0.2) is 12.2 Å². The second-order valence-corrected chi connectivity index (χ2v) is 3.01. The predicted octanol–water partition coefficient (Wildman–Crippen LogP) is 0.795. The third-order valence-corrected chi connectivity index (χ3v) is 2.81. The Balaban J connectivity index is 2.07. The zero-order valence-electron chi connectivity index (χ0n) is 4.18. The summed E-state index contributed by atoms with van der Waals surface area (Å²) in [6.45, 7) is 1.06. The minimum atomic E-state index is 0.528. The molecular weight excluding hydrogens is 88.1 g/mol. The maximum Gasteiger partial charge on any atom is 0.0751 e. The van der Waals surface area contributed by atoms with Gasteiger partial charge in [-0.3, -0.25) is 0 Å². The second kappa shape index (κ2) is 0.576. The number of fused-ring (bicyclic) bond motifs is 1. The molecule has 0 aromatic heterocycles. The molecule has 3 aliphatic rings. The molecule has 3 atom stereocenters. The van der Waals surface area contributed by atoms with E-state index < -0.39 is 0 Å². The first-order chi connectivity index (χ1) is 3.43. The van der Waals surface area contributed by atoms with E-state index in [0.29, 0.717) is 5.60 Å². The molecule has 0 radical (unpaired) electrons. The summed E-state index contributed by atoms with van der Waals surface area (Å²) in [7, 11) is 0. The summed E-state index contributed by atoms with van der Waals surface area (Å²) in [5.41, 5.74) is 0.528. The third kappa shape index (κ3) is 0.163. The van der Waals surface area contributed by atoms with Crippen molar-refractivity contribution in [1.29, 1.82) is 0 Å². The van der Waals surface area contributed by atoms with Crippen molar-refractivity contribution in [3.05, 3.63) is 0 Å². The first-order valence-corrected chi connectivity index (χ1v) is 3.07. The topological polar surface area (TPSA) is 9.23 Å². The molecular formula is C6H8O. The smallest absolute Gasteiger partial charge is 0.0751 e. The Bertz CT molecular complexity index is 132. The molecule has 2 saturated carbocycles. The standard InChI is InChI=1S/C6H8O/c1-2-7-6-3-5(6)4(1)6/h4-5H,1-3H2. The lowest BCUT2D eigenvalue weighted by molar-refractivity contribution is 0.117. The van der Waals surface area contributed by atoms with Crippen molar-refractivity contribution < 1.29 is 4.74 Å². The average molecular weight is 96.1 g/mol. The minimum absolute atomic E-state index is 0.528. The monoisotopic (exact) mass is 96.1 g/mol. The Morgan fingerprint density at radius 2 is 2.43 bits per heavy atom. The molecule has 0 aromatic rings. The molecule has 1 heteroatoms. The van der Waals surface area contributed by atoms with Crippen LogP contribution in [0.5, 0.6) is 0 Å². The van der Waals surface area contributed by atoms with Crippen LogP contribution in [0.15, 0.2) is 0 Å². The van der Waals surface area contributed by atoms with Gasteiger partial charge in [-0.1, -0.05) is 0 Å². The molecule has 1 nitrogen and oxygen atoms in total. The van der Waals surface area contributed by atoms with Crippen molar-refractivity contribution in [3.8, 4) is 0 Å². The van der Waals surface area contributed by atoms with E-state index in [0.717, 1.165) is 18.4 Å². The second-order valence-electron chi connectivity index (χ2n) is 3.01. The normalized spacial score (nSPS) is 72.0. The summed E-state index contributed by atoms with van der Waals surface area (Å²) < 4.78 is 5.49. The summed E-state index contributed by atoms with van der Waals surface area (Å²) in [5.74, 6) is 2.08. The van der Waals surface area contributed by atoms with Crippen LogP contribution >= 0.6 is 0 Å². The summed E-state index contributed by atoms with van der Waals surface area (Å²) in [6, 6.07) is 0. The highest BCUT2D eigenvalue weighted by molar-refractivity contribution is 5.31. The Kier molecular flexibility index (Phi) is 0.253. The quantitative estimate of drug-likeness (QED) is 0.433. The summed E-state index contributed by atoms with van der Waals surface area (Å²) in [6.07, 6.45) is 2.77. The SMILES string of the molecule is C1CC2C3CC23O1. The molecule has 1 heterocycles. The Hall–Kier alpha value is -0.0400. The van der Waals surface area contributed by atoms with Gasteiger partial charge >= 0.3 is 0 Å². The zero-order valence-corrected chi connectivity index (χ0v) is 4.18. The van der Waals surface area contributed by atoms with Gasteiger partial charge in [-0.25, -0.2) is 0 Å². The van der Waals surface area contributed by atoms with Crippen molar-refractivity contribution in [3.63, 3.8) is 0 Å². The zero-order chi connectivity index (χ0) is 4.48. The van der Waals surface area contributed by atoms with Gasteiger partial charge in [0.25, 0.3) is 0 Å². The maximum absolute atomic E-state index is 5.49. The van der Waals surface area contributed by atoms with E-state index in [2.05, 4.69) is 0 Å². The number of hydrogen-bond donors (Lipinski definition) is 0. The Morgan fingerprint density at radius 1 is 1.43 bits per heavy atom. The molecule has 3 rings (SSSR count). The molecule has 1 saturated heterocycles. The van der Waals surface area contributed by atoms with Crippen molar-refractivity contribution in [1.82, 2.24) is 0 Å². The molecule has 7 heavy (non-hydrogen) atoms. The van der Waals surface area contributed by atoms with Crippen molar-refractivity contribution in [2.24, 2.45) is 11.8 Å². The molecule has 0 bridgehead atoms. The Labute approximate surface area is 42.7 Å². The van der Waals surface area contributed by atoms with E-state index in [1.807, 2.05) is 0 Å². The van der Waals surface area contributed by atoms with Gasteiger partial charge in [0.2, 0.25) is 0 Å². The molecule has 3 fully saturated rings. The highest BCUT2D eigenvalue weighted by Gasteiger charge is 2.82. The summed E-state index contributed by atoms with van der Waals surface area (Å²) in [5, 5.41) is 0. The van der Waals surface area contributed by atoms with Gasteiger partial charge in [-0.15, -0.1) is 0 Å². The van der Waals surface area contributed by atoms with Crippen LogP contribution in [0.3, 0.4) is 0 Å². The first kappa shape index (κ1) is 3.08. The fraction of sp³-hybridized carbons (Fsp3) is 1.00. The van der Waals surface area contributed by atoms with E-state index in [4.69, 9.17) is 4.74 Å². The molecule has 3 unspecified atom stereocenters. The van der Waals surface area contributed by atoms with E-state index in [1.54, 1.807) is 0 Å². The fourth-order valence-electron chi connectivity index (χ4n) is 2.09. The van der Waals surface area contributed by atoms with Gasteiger partial charge in [0, 0.05) is 6.61 Å². The molecule has 0 aromatic carbocycles. The molecule has 0 N–H and O–H groups in total. The van der Waals surface area contributed by atoms with Crippen LogP contribution in [0.1, 0.15) is 12.8 Å². The Morgan fingerprint density at radius 3 is 2.71 bits per heavy atom. The lowest BCUT2D eigenvalue weighted by Crippen LogP contribution is -1.96. The molecule has 0 amide bonds. The molecule has 38 valence electrons. The van der Waals surface area contributed by atoms with Crippen LogP contribution in [-0.2, 0) is 4.74 Å². The summed E-state index contributed by atoms with van der Waals surface area (Å²) >= 11 is 0. The fourth-order valence-corrected chi connectivity index (χ4v) is 2.09. The largest absolute Gasteiger partial charge is 0.374 e. The van der Waals surface area contributed by atoms with Crippen LogP contribution in [0.25, 0.3) is 0 Å². The van der Waals surface area contributed by atoms with Crippen molar-refractivity contribution >= 4 is 0 Å². The lowest BCUT2D eigenvalue weighted by atomic mass is 10.1. The van der Waals surface area contributed by atoms with Crippen LogP contribution in [0, 0.1) is 11.8 Å². The van der Waals surface area contributed by atoms with Gasteiger partial charge in [-0.05, 0) is 24.7 Å². The van der Waals surface area contributed by atoms with E-state index in [1.165, 1.54) is 12.8 Å². The van der Waals surface area contributed by atoms with Gasteiger partial charge in [0.1, 0.15) is 0 Å². The van der Waals surface area contributed by atoms with Gasteiger partial charge in [0.15, 0.2) is 0 Å². The molecule has 2 aliphatic carbocycles. The third-order valence-electron chi connectivity index (χ3n) is 2.81. The van der Waals surface area contributed by atoms with Gasteiger partial charge in [-0.2, -0.15) is 0 Å². The lowest BCUT2D eigenvalue weighted by Gasteiger charge is -1.93. The van der Waals surface area contributed by atoms with Crippen LogP contribution in [0.4, 0.5) is 0 Å².